The van der Waals surface area contributed by atoms with E-state index in [1.54, 1.807) is 0 Å². The van der Waals surface area contributed by atoms with E-state index in [4.69, 9.17) is 5.11 Å². The van der Waals surface area contributed by atoms with Gasteiger partial charge in [-0.2, -0.15) is 0 Å². The van der Waals surface area contributed by atoms with Crippen LogP contribution in [0.5, 0.6) is 0 Å². The van der Waals surface area contributed by atoms with Crippen LogP contribution < -0.4 is 5.32 Å². The lowest BCUT2D eigenvalue weighted by Crippen LogP contribution is -2.28. The summed E-state index contributed by atoms with van der Waals surface area (Å²) in [7, 11) is 1.90. The number of hydrogen-bond acceptors (Lipinski definition) is 4. The van der Waals surface area contributed by atoms with E-state index in [-0.39, 0.29) is 12.5 Å². The number of aromatic nitrogens is 3. The van der Waals surface area contributed by atoms with Crippen LogP contribution in [0.2, 0.25) is 0 Å². The molecule has 2 fully saturated rings. The largest absolute Gasteiger partial charge is 0.481 e. The summed E-state index contributed by atoms with van der Waals surface area (Å²) in [4.78, 5) is 23.2. The van der Waals surface area contributed by atoms with Gasteiger partial charge in [0.05, 0.1) is 18.4 Å². The van der Waals surface area contributed by atoms with Crippen molar-refractivity contribution in [3.8, 4) is 0 Å². The van der Waals surface area contributed by atoms with Crippen LogP contribution in [0, 0.1) is 17.3 Å². The van der Waals surface area contributed by atoms with Gasteiger partial charge in [-0.3, -0.25) is 9.59 Å². The zero-order valence-electron chi connectivity index (χ0n) is 12.5. The summed E-state index contributed by atoms with van der Waals surface area (Å²) in [5.74, 6) is -0.0148. The maximum Gasteiger partial charge on any atom is 0.307 e. The van der Waals surface area contributed by atoms with Crippen molar-refractivity contribution in [3.05, 3.63) is 11.6 Å². The molecule has 0 bridgehead atoms. The Bertz CT molecular complexity index is 603. The van der Waals surface area contributed by atoms with E-state index < -0.39 is 23.2 Å². The third-order valence-corrected chi connectivity index (χ3v) is 4.74. The highest BCUT2D eigenvalue weighted by Crippen LogP contribution is 2.58. The molecular weight excluding hydrogens is 272 g/mol. The normalized spacial score (nSPS) is 26.4. The number of carbonyl (C=O) groups is 2. The fourth-order valence-electron chi connectivity index (χ4n) is 3.09. The standard InChI is InChI=1S/C14H20N4O3/c1-14(2)9(10(14)13(20)21)12(19)15-6-8-16-17-11(18(8)3)7-4-5-7/h7,9-10H,4-6H2,1-3H3,(H,15,19)(H,20,21)/t9-,10+/m0/s1. The molecule has 3 rings (SSSR count). The quantitative estimate of drug-likeness (QED) is 0.831. The SMILES string of the molecule is Cn1c(CNC(=O)[C@@H]2[C@H](C(=O)O)C2(C)C)nnc1C1CC1. The van der Waals surface area contributed by atoms with E-state index in [9.17, 15) is 9.59 Å². The average molecular weight is 292 g/mol. The number of amides is 1. The first kappa shape index (κ1) is 14.0. The Kier molecular flexibility index (Phi) is 3.04. The minimum absolute atomic E-state index is 0.219. The minimum atomic E-state index is -0.908. The van der Waals surface area contributed by atoms with Gasteiger partial charge in [-0.25, -0.2) is 0 Å². The molecule has 2 aliphatic carbocycles. The molecule has 2 N–H and O–H groups in total. The first-order valence-corrected chi connectivity index (χ1v) is 7.22. The van der Waals surface area contributed by atoms with Crippen molar-refractivity contribution in [2.75, 3.05) is 0 Å². The number of nitrogens with one attached hydrogen (secondary N) is 1. The van der Waals surface area contributed by atoms with Crippen LogP contribution in [0.4, 0.5) is 0 Å². The summed E-state index contributed by atoms with van der Waals surface area (Å²) < 4.78 is 1.92. The van der Waals surface area contributed by atoms with Crippen molar-refractivity contribution in [2.24, 2.45) is 24.3 Å². The smallest absolute Gasteiger partial charge is 0.307 e. The van der Waals surface area contributed by atoms with E-state index in [1.807, 2.05) is 25.5 Å². The Balaban J connectivity index is 1.61. The van der Waals surface area contributed by atoms with Crippen LogP contribution in [0.15, 0.2) is 0 Å². The highest BCUT2D eigenvalue weighted by molar-refractivity contribution is 5.91. The Morgan fingerprint density at radius 1 is 1.33 bits per heavy atom. The first-order chi connectivity index (χ1) is 9.84. The summed E-state index contributed by atoms with van der Waals surface area (Å²) in [6, 6.07) is 0. The van der Waals surface area contributed by atoms with Gasteiger partial charge in [0.1, 0.15) is 5.82 Å². The Morgan fingerprint density at radius 2 is 2.00 bits per heavy atom. The van der Waals surface area contributed by atoms with E-state index in [0.717, 1.165) is 18.7 Å². The molecule has 2 aliphatic rings. The Labute approximate surface area is 122 Å². The molecule has 0 saturated heterocycles. The molecular formula is C14H20N4O3. The maximum absolute atomic E-state index is 12.1. The Hall–Kier alpha value is -1.92. The molecule has 1 heterocycles. The molecule has 7 nitrogen and oxygen atoms in total. The predicted octanol–water partition coefficient (Wildman–Crippen LogP) is 0.665. The molecule has 0 spiro atoms. The third-order valence-electron chi connectivity index (χ3n) is 4.74. The van der Waals surface area contributed by atoms with Gasteiger partial charge in [0, 0.05) is 13.0 Å². The van der Waals surface area contributed by atoms with E-state index in [0.29, 0.717) is 11.7 Å². The molecule has 0 aliphatic heterocycles. The molecule has 1 aromatic rings. The summed E-state index contributed by atoms with van der Waals surface area (Å²) in [6.07, 6.45) is 2.30. The van der Waals surface area contributed by atoms with Crippen molar-refractivity contribution in [2.45, 2.75) is 39.2 Å². The molecule has 0 aromatic carbocycles. The number of carbonyl (C=O) groups excluding carboxylic acids is 1. The van der Waals surface area contributed by atoms with Gasteiger partial charge in [-0.05, 0) is 18.3 Å². The zero-order chi connectivity index (χ0) is 15.4. The third kappa shape index (κ3) is 2.30. The molecule has 21 heavy (non-hydrogen) atoms. The molecule has 7 heteroatoms. The molecule has 0 unspecified atom stereocenters. The van der Waals surface area contributed by atoms with Crippen molar-refractivity contribution in [1.29, 1.82) is 0 Å². The fourth-order valence-corrected chi connectivity index (χ4v) is 3.09. The van der Waals surface area contributed by atoms with E-state index in [1.165, 1.54) is 0 Å². The number of hydrogen-bond donors (Lipinski definition) is 2. The van der Waals surface area contributed by atoms with Crippen molar-refractivity contribution in [3.63, 3.8) is 0 Å². The van der Waals surface area contributed by atoms with Gasteiger partial charge in [-0.1, -0.05) is 13.8 Å². The topological polar surface area (TPSA) is 97.1 Å². The maximum atomic E-state index is 12.1. The van der Waals surface area contributed by atoms with Gasteiger partial charge in [0.25, 0.3) is 0 Å². The first-order valence-electron chi connectivity index (χ1n) is 7.22. The van der Waals surface area contributed by atoms with E-state index >= 15 is 0 Å². The lowest BCUT2D eigenvalue weighted by atomic mass is 10.1. The van der Waals surface area contributed by atoms with Crippen LogP contribution in [0.25, 0.3) is 0 Å². The van der Waals surface area contributed by atoms with Crippen LogP contribution in [-0.2, 0) is 23.2 Å². The second-order valence-electron chi connectivity index (χ2n) is 6.64. The number of carboxylic acid groups (broad SMARTS) is 1. The lowest BCUT2D eigenvalue weighted by Gasteiger charge is -2.06. The van der Waals surface area contributed by atoms with Gasteiger partial charge in [0.15, 0.2) is 5.82 Å². The molecule has 1 aromatic heterocycles. The lowest BCUT2D eigenvalue weighted by molar-refractivity contribution is -0.140. The highest BCUT2D eigenvalue weighted by atomic mass is 16.4. The van der Waals surface area contributed by atoms with Gasteiger partial charge in [0.2, 0.25) is 5.91 Å². The second-order valence-corrected chi connectivity index (χ2v) is 6.64. The molecule has 114 valence electrons. The van der Waals surface area contributed by atoms with E-state index in [2.05, 4.69) is 15.5 Å². The minimum Gasteiger partial charge on any atom is -0.481 e. The fraction of sp³-hybridized carbons (Fsp3) is 0.714. The van der Waals surface area contributed by atoms with Crippen molar-refractivity contribution in [1.82, 2.24) is 20.1 Å². The highest BCUT2D eigenvalue weighted by Gasteiger charge is 2.65. The number of carboxylic acids is 1. The average Bonchev–Trinajstić information content (AvgIpc) is 3.27. The number of aliphatic carboxylic acids is 1. The van der Waals surface area contributed by atoms with Crippen LogP contribution >= 0.6 is 0 Å². The summed E-state index contributed by atoms with van der Waals surface area (Å²) >= 11 is 0. The molecule has 0 radical (unpaired) electrons. The molecule has 1 amide bonds. The second kappa shape index (κ2) is 4.54. The summed E-state index contributed by atoms with van der Waals surface area (Å²) in [6.45, 7) is 3.90. The van der Waals surface area contributed by atoms with Crippen molar-refractivity contribution >= 4 is 11.9 Å². The van der Waals surface area contributed by atoms with Crippen LogP contribution in [-0.4, -0.2) is 31.7 Å². The Morgan fingerprint density at radius 3 is 2.52 bits per heavy atom. The molecule has 2 saturated carbocycles. The van der Waals surface area contributed by atoms with Crippen molar-refractivity contribution < 1.29 is 14.7 Å². The molecule has 2 atom stereocenters. The van der Waals surface area contributed by atoms with Gasteiger partial charge >= 0.3 is 5.97 Å². The zero-order valence-corrected chi connectivity index (χ0v) is 12.5. The van der Waals surface area contributed by atoms with Gasteiger partial charge in [-0.15, -0.1) is 10.2 Å². The van der Waals surface area contributed by atoms with Crippen LogP contribution in [0.3, 0.4) is 0 Å². The monoisotopic (exact) mass is 292 g/mol. The predicted molar refractivity (Wildman–Crippen MR) is 73.2 cm³/mol. The summed E-state index contributed by atoms with van der Waals surface area (Å²) in [5.41, 5.74) is -0.477. The van der Waals surface area contributed by atoms with Gasteiger partial charge < -0.3 is 15.0 Å². The number of nitrogens with zero attached hydrogens (tertiary/aromatic N) is 3. The van der Waals surface area contributed by atoms with Crippen LogP contribution in [0.1, 0.15) is 44.3 Å². The summed E-state index contributed by atoms with van der Waals surface area (Å²) in [5, 5.41) is 20.1. The number of rotatable bonds is 5.